The van der Waals surface area contributed by atoms with Crippen LogP contribution >= 0.6 is 0 Å². The molecular weight excluding hydrogens is 210 g/mol. The Morgan fingerprint density at radius 2 is 1.94 bits per heavy atom. The van der Waals surface area contributed by atoms with Crippen molar-refractivity contribution in [1.82, 2.24) is 0 Å². The van der Waals surface area contributed by atoms with Crippen LogP contribution in [0.15, 0.2) is 35.5 Å². The van der Waals surface area contributed by atoms with E-state index in [4.69, 9.17) is 10.1 Å². The number of hydrogen-bond donors (Lipinski definition) is 1. The predicted octanol–water partition coefficient (Wildman–Crippen LogP) is 4.29. The minimum atomic E-state index is -0.587. The van der Waals surface area contributed by atoms with Gasteiger partial charge in [-0.15, -0.1) is 0 Å². The Hall–Kier alpha value is -1.15. The predicted molar refractivity (Wildman–Crippen MR) is 75.8 cm³/mol. The Morgan fingerprint density at radius 1 is 1.29 bits per heavy atom. The van der Waals surface area contributed by atoms with Gasteiger partial charge < -0.3 is 10.1 Å². The van der Waals surface area contributed by atoms with E-state index in [0.29, 0.717) is 0 Å². The van der Waals surface area contributed by atoms with Crippen LogP contribution in [0.25, 0.3) is 0 Å². The standard InChI is InChI=1S/C15H25NO/c1-13(2)8-6-9-14(3)10-7-11-15(4,12-16)17-5/h7-8,10-12,16H,6,9H2,1-5H3/b11-7+,14-10+,16-12?. The lowest BCUT2D eigenvalue weighted by atomic mass is 10.1. The maximum atomic E-state index is 7.27. The van der Waals surface area contributed by atoms with Crippen molar-refractivity contribution in [3.63, 3.8) is 0 Å². The third-order valence-electron chi connectivity index (χ3n) is 2.63. The molecule has 96 valence electrons. The summed E-state index contributed by atoms with van der Waals surface area (Å²) in [6, 6.07) is 0. The van der Waals surface area contributed by atoms with Crippen LogP contribution in [0.4, 0.5) is 0 Å². The number of methoxy groups -OCH3 is 1. The van der Waals surface area contributed by atoms with Crippen LogP contribution in [0.5, 0.6) is 0 Å². The summed E-state index contributed by atoms with van der Waals surface area (Å²) in [5, 5.41) is 7.27. The Morgan fingerprint density at radius 3 is 2.41 bits per heavy atom. The van der Waals surface area contributed by atoms with Gasteiger partial charge in [-0.05, 0) is 46.6 Å². The van der Waals surface area contributed by atoms with Gasteiger partial charge in [0.05, 0.1) is 0 Å². The molecule has 0 heterocycles. The Balaban J connectivity index is 4.27. The van der Waals surface area contributed by atoms with Gasteiger partial charge in [0.1, 0.15) is 5.60 Å². The topological polar surface area (TPSA) is 33.1 Å². The number of allylic oxidation sites excluding steroid dienone is 5. The van der Waals surface area contributed by atoms with E-state index in [1.165, 1.54) is 17.4 Å². The third-order valence-corrected chi connectivity index (χ3v) is 2.63. The zero-order chi connectivity index (χ0) is 13.3. The fourth-order valence-electron chi connectivity index (χ4n) is 1.25. The van der Waals surface area contributed by atoms with Gasteiger partial charge in [0.15, 0.2) is 0 Å². The fraction of sp³-hybridized carbons (Fsp3) is 0.533. The summed E-state index contributed by atoms with van der Waals surface area (Å²) in [6.07, 6.45) is 11.7. The first-order chi connectivity index (χ1) is 7.93. The zero-order valence-corrected chi connectivity index (χ0v) is 11.7. The largest absolute Gasteiger partial charge is 0.369 e. The van der Waals surface area contributed by atoms with Crippen LogP contribution < -0.4 is 0 Å². The molecule has 2 heteroatoms. The molecule has 0 aliphatic carbocycles. The quantitative estimate of drug-likeness (QED) is 0.398. The molecule has 0 rings (SSSR count). The highest BCUT2D eigenvalue weighted by atomic mass is 16.5. The molecular formula is C15H25NO. The van der Waals surface area contributed by atoms with Crippen LogP contribution in [0.2, 0.25) is 0 Å². The van der Waals surface area contributed by atoms with Crippen molar-refractivity contribution in [3.8, 4) is 0 Å². The Labute approximate surface area is 106 Å². The van der Waals surface area contributed by atoms with E-state index in [-0.39, 0.29) is 0 Å². The minimum absolute atomic E-state index is 0.587. The molecule has 0 amide bonds. The lowest BCUT2D eigenvalue weighted by Gasteiger charge is -2.17. The smallest absolute Gasteiger partial charge is 0.118 e. The number of ether oxygens (including phenoxy) is 1. The SMILES string of the molecule is COC(C)(C=N)/C=C/C=C(\C)CCC=C(C)C. The van der Waals surface area contributed by atoms with Gasteiger partial charge in [-0.3, -0.25) is 0 Å². The molecule has 0 aromatic heterocycles. The van der Waals surface area contributed by atoms with Gasteiger partial charge in [0.2, 0.25) is 0 Å². The van der Waals surface area contributed by atoms with Gasteiger partial charge in [-0.1, -0.05) is 29.4 Å². The second-order valence-electron chi connectivity index (χ2n) is 4.72. The van der Waals surface area contributed by atoms with Gasteiger partial charge in [0, 0.05) is 13.3 Å². The average molecular weight is 235 g/mol. The molecule has 2 nitrogen and oxygen atoms in total. The summed E-state index contributed by atoms with van der Waals surface area (Å²) < 4.78 is 5.21. The maximum absolute atomic E-state index is 7.27. The molecule has 0 radical (unpaired) electrons. The Kier molecular flexibility index (Phi) is 7.47. The van der Waals surface area contributed by atoms with Crippen LogP contribution in [-0.2, 0) is 4.74 Å². The number of rotatable bonds is 7. The summed E-state index contributed by atoms with van der Waals surface area (Å²) in [4.78, 5) is 0. The molecule has 0 saturated carbocycles. The summed E-state index contributed by atoms with van der Waals surface area (Å²) in [6.45, 7) is 8.22. The second kappa shape index (κ2) is 8.02. The monoisotopic (exact) mass is 235 g/mol. The number of nitrogens with one attached hydrogen (secondary N) is 1. The number of hydrogen-bond acceptors (Lipinski definition) is 2. The highest BCUT2D eigenvalue weighted by Gasteiger charge is 2.14. The van der Waals surface area contributed by atoms with Crippen molar-refractivity contribution in [2.75, 3.05) is 7.11 Å². The maximum Gasteiger partial charge on any atom is 0.118 e. The molecule has 1 unspecified atom stereocenters. The van der Waals surface area contributed by atoms with Crippen molar-refractivity contribution < 1.29 is 4.74 Å². The third kappa shape index (κ3) is 7.70. The van der Waals surface area contributed by atoms with E-state index in [2.05, 4.69) is 32.9 Å². The van der Waals surface area contributed by atoms with Gasteiger partial charge in [0.25, 0.3) is 0 Å². The van der Waals surface area contributed by atoms with Crippen LogP contribution in [0.3, 0.4) is 0 Å². The molecule has 17 heavy (non-hydrogen) atoms. The molecule has 0 aromatic rings. The normalized spacial score (nSPS) is 15.7. The van der Waals surface area contributed by atoms with Crippen molar-refractivity contribution in [1.29, 1.82) is 5.41 Å². The van der Waals surface area contributed by atoms with Gasteiger partial charge in [-0.2, -0.15) is 0 Å². The second-order valence-corrected chi connectivity index (χ2v) is 4.72. The summed E-state index contributed by atoms with van der Waals surface area (Å²) in [5.74, 6) is 0. The highest BCUT2D eigenvalue weighted by molar-refractivity contribution is 5.68. The van der Waals surface area contributed by atoms with Crippen LogP contribution in [0.1, 0.15) is 40.5 Å². The van der Waals surface area contributed by atoms with Crippen molar-refractivity contribution in [3.05, 3.63) is 35.5 Å². The van der Waals surface area contributed by atoms with E-state index < -0.39 is 5.60 Å². The molecule has 1 atom stereocenters. The van der Waals surface area contributed by atoms with Crippen molar-refractivity contribution >= 4 is 6.21 Å². The zero-order valence-electron chi connectivity index (χ0n) is 11.7. The first-order valence-electron chi connectivity index (χ1n) is 5.98. The summed E-state index contributed by atoms with van der Waals surface area (Å²) >= 11 is 0. The lowest BCUT2D eigenvalue weighted by Crippen LogP contribution is -2.25. The van der Waals surface area contributed by atoms with Crippen molar-refractivity contribution in [2.24, 2.45) is 0 Å². The molecule has 0 bridgehead atoms. The van der Waals surface area contributed by atoms with Gasteiger partial charge in [-0.25, -0.2) is 0 Å². The average Bonchev–Trinajstić information content (AvgIpc) is 2.28. The van der Waals surface area contributed by atoms with E-state index in [1.807, 2.05) is 19.1 Å². The van der Waals surface area contributed by atoms with E-state index in [1.54, 1.807) is 7.11 Å². The minimum Gasteiger partial charge on any atom is -0.369 e. The molecule has 0 spiro atoms. The Bertz CT molecular complexity index is 322. The van der Waals surface area contributed by atoms with Crippen molar-refractivity contribution in [2.45, 2.75) is 46.1 Å². The highest BCUT2D eigenvalue weighted by Crippen LogP contribution is 2.10. The summed E-state index contributed by atoms with van der Waals surface area (Å²) in [5.41, 5.74) is 2.11. The van der Waals surface area contributed by atoms with Gasteiger partial charge >= 0.3 is 0 Å². The first kappa shape index (κ1) is 15.9. The molecule has 0 saturated heterocycles. The molecule has 0 aliphatic rings. The fourth-order valence-corrected chi connectivity index (χ4v) is 1.25. The first-order valence-corrected chi connectivity index (χ1v) is 5.98. The molecule has 0 aliphatic heterocycles. The molecule has 0 fully saturated rings. The lowest BCUT2D eigenvalue weighted by molar-refractivity contribution is 0.111. The van der Waals surface area contributed by atoms with Crippen LogP contribution in [0, 0.1) is 5.41 Å². The van der Waals surface area contributed by atoms with E-state index in [0.717, 1.165) is 12.8 Å². The van der Waals surface area contributed by atoms with E-state index in [9.17, 15) is 0 Å². The van der Waals surface area contributed by atoms with Crippen LogP contribution in [-0.4, -0.2) is 18.9 Å². The molecule has 0 aromatic carbocycles. The summed E-state index contributed by atoms with van der Waals surface area (Å²) in [7, 11) is 1.61. The molecule has 1 N–H and O–H groups in total. The van der Waals surface area contributed by atoms with E-state index >= 15 is 0 Å².